The van der Waals surface area contributed by atoms with Crippen molar-refractivity contribution in [1.82, 2.24) is 19.7 Å². The van der Waals surface area contributed by atoms with Gasteiger partial charge in [-0.05, 0) is 67.5 Å². The van der Waals surface area contributed by atoms with E-state index in [9.17, 15) is 4.39 Å². The topological polar surface area (TPSA) is 59.1 Å². The Kier molecular flexibility index (Phi) is 5.45. The number of piperidine rings is 1. The molecular weight excluding hydrogens is 365 g/mol. The van der Waals surface area contributed by atoms with Crippen LogP contribution in [0, 0.1) is 5.82 Å². The van der Waals surface area contributed by atoms with Gasteiger partial charge in [-0.1, -0.05) is 0 Å². The van der Waals surface area contributed by atoms with Gasteiger partial charge < -0.3 is 14.3 Å². The molecule has 3 aromatic rings. The highest BCUT2D eigenvalue weighted by Crippen LogP contribution is 2.28. The van der Waals surface area contributed by atoms with Crippen LogP contribution < -0.4 is 5.32 Å². The summed E-state index contributed by atoms with van der Waals surface area (Å²) in [6.07, 6.45) is 3.91. The summed E-state index contributed by atoms with van der Waals surface area (Å²) in [5.74, 6) is 0.737. The zero-order chi connectivity index (χ0) is 18.6. The second kappa shape index (κ2) is 8.14. The van der Waals surface area contributed by atoms with Gasteiger partial charge in [-0.2, -0.15) is 0 Å². The Balaban J connectivity index is 1.32. The molecule has 0 radical (unpaired) electrons. The number of likely N-dealkylation sites (tertiary alicyclic amines) is 1. The van der Waals surface area contributed by atoms with Gasteiger partial charge in [0.05, 0.1) is 6.54 Å². The van der Waals surface area contributed by atoms with Gasteiger partial charge in [0.1, 0.15) is 17.9 Å². The highest BCUT2D eigenvalue weighted by Gasteiger charge is 2.21. The quantitative estimate of drug-likeness (QED) is 0.695. The van der Waals surface area contributed by atoms with E-state index in [1.54, 1.807) is 18.5 Å². The van der Waals surface area contributed by atoms with Crippen LogP contribution in [0.25, 0.3) is 0 Å². The fourth-order valence-corrected chi connectivity index (χ4v) is 4.02. The average Bonchev–Trinajstić information content (AvgIpc) is 3.27. The Morgan fingerprint density at radius 2 is 2.11 bits per heavy atom. The zero-order valence-electron chi connectivity index (χ0n) is 15.1. The first kappa shape index (κ1) is 18.1. The molecule has 1 saturated heterocycles. The molecule has 0 bridgehead atoms. The molecule has 0 spiro atoms. The van der Waals surface area contributed by atoms with E-state index in [0.717, 1.165) is 54.2 Å². The Bertz CT molecular complexity index is 878. The number of rotatable bonds is 6. The third-order valence-corrected chi connectivity index (χ3v) is 5.57. The number of hydrogen-bond donors (Lipinski definition) is 1. The Morgan fingerprint density at radius 1 is 1.26 bits per heavy atom. The maximum atomic E-state index is 13.1. The molecule has 1 N–H and O–H groups in total. The van der Waals surface area contributed by atoms with Gasteiger partial charge in [-0.25, -0.2) is 4.39 Å². The lowest BCUT2D eigenvalue weighted by molar-refractivity contribution is 0.190. The van der Waals surface area contributed by atoms with Gasteiger partial charge in [0, 0.05) is 25.3 Å². The van der Waals surface area contributed by atoms with Crippen LogP contribution in [0.1, 0.15) is 18.6 Å². The first-order chi connectivity index (χ1) is 13.2. The van der Waals surface area contributed by atoms with Crippen molar-refractivity contribution < 1.29 is 8.81 Å². The second-order valence-electron chi connectivity index (χ2n) is 6.77. The minimum atomic E-state index is -0.210. The predicted octanol–water partition coefficient (Wildman–Crippen LogP) is 3.77. The van der Waals surface area contributed by atoms with Crippen LogP contribution in [-0.2, 0) is 13.6 Å². The largest absolute Gasteiger partial charge is 0.453 e. The lowest BCUT2D eigenvalue weighted by Crippen LogP contribution is -2.41. The summed E-state index contributed by atoms with van der Waals surface area (Å²) in [5.41, 5.74) is 0.962. The van der Waals surface area contributed by atoms with Crippen molar-refractivity contribution in [2.45, 2.75) is 35.7 Å². The molecule has 0 aliphatic carbocycles. The van der Waals surface area contributed by atoms with Crippen molar-refractivity contribution >= 4 is 17.4 Å². The van der Waals surface area contributed by atoms with Crippen LogP contribution in [0.5, 0.6) is 0 Å². The zero-order valence-corrected chi connectivity index (χ0v) is 16.0. The molecule has 0 amide bonds. The normalized spacial score (nSPS) is 17.9. The summed E-state index contributed by atoms with van der Waals surface area (Å²) in [5, 5.41) is 13.1. The van der Waals surface area contributed by atoms with E-state index in [1.165, 1.54) is 23.9 Å². The van der Waals surface area contributed by atoms with Crippen LogP contribution in [0.2, 0.25) is 0 Å². The minimum absolute atomic E-state index is 0.210. The lowest BCUT2D eigenvalue weighted by Gasteiger charge is -2.33. The van der Waals surface area contributed by atoms with Gasteiger partial charge in [-0.3, -0.25) is 4.90 Å². The van der Waals surface area contributed by atoms with E-state index in [4.69, 9.17) is 4.42 Å². The number of anilines is 1. The predicted molar refractivity (Wildman–Crippen MR) is 102 cm³/mol. The molecule has 1 unspecified atom stereocenters. The summed E-state index contributed by atoms with van der Waals surface area (Å²) >= 11 is 1.47. The summed E-state index contributed by atoms with van der Waals surface area (Å²) in [6, 6.07) is 10.9. The van der Waals surface area contributed by atoms with Gasteiger partial charge in [-0.15, -0.1) is 10.2 Å². The van der Waals surface area contributed by atoms with Crippen LogP contribution in [0.3, 0.4) is 0 Å². The smallest absolute Gasteiger partial charge is 0.198 e. The number of hydrogen-bond acceptors (Lipinski definition) is 6. The Hall–Kier alpha value is -2.32. The number of nitrogens with one attached hydrogen (secondary N) is 1. The van der Waals surface area contributed by atoms with Crippen LogP contribution in [0.15, 0.2) is 57.4 Å². The first-order valence-corrected chi connectivity index (χ1v) is 9.82. The molecule has 0 saturated carbocycles. The summed E-state index contributed by atoms with van der Waals surface area (Å²) < 4.78 is 20.9. The molecule has 1 aliphatic heterocycles. The van der Waals surface area contributed by atoms with Gasteiger partial charge in [0.2, 0.25) is 0 Å². The number of aryl methyl sites for hydroxylation is 1. The maximum Gasteiger partial charge on any atom is 0.198 e. The van der Waals surface area contributed by atoms with Crippen LogP contribution >= 0.6 is 11.8 Å². The molecule has 8 heteroatoms. The summed E-state index contributed by atoms with van der Waals surface area (Å²) in [4.78, 5) is 2.39. The monoisotopic (exact) mass is 387 g/mol. The van der Waals surface area contributed by atoms with Crippen LogP contribution in [-0.4, -0.2) is 38.8 Å². The second-order valence-corrected chi connectivity index (χ2v) is 7.74. The first-order valence-electron chi connectivity index (χ1n) is 9.01. The summed E-state index contributed by atoms with van der Waals surface area (Å²) in [6.45, 7) is 2.76. The van der Waals surface area contributed by atoms with Crippen molar-refractivity contribution in [2.24, 2.45) is 7.05 Å². The number of nitrogens with zero attached hydrogens (tertiary/aromatic N) is 4. The van der Waals surface area contributed by atoms with E-state index >= 15 is 0 Å². The highest BCUT2D eigenvalue weighted by atomic mass is 32.2. The molecular formula is C19H22FN5OS. The number of aromatic nitrogens is 3. The molecule has 1 aromatic carbocycles. The molecule has 1 fully saturated rings. The summed E-state index contributed by atoms with van der Waals surface area (Å²) in [7, 11) is 1.91. The van der Waals surface area contributed by atoms with Crippen molar-refractivity contribution in [1.29, 1.82) is 0 Å². The molecule has 3 heterocycles. The maximum absolute atomic E-state index is 13.1. The molecule has 142 valence electrons. The van der Waals surface area contributed by atoms with Gasteiger partial charge >= 0.3 is 0 Å². The van der Waals surface area contributed by atoms with E-state index in [2.05, 4.69) is 20.4 Å². The fraction of sp³-hybridized carbons (Fsp3) is 0.368. The number of halogens is 1. The van der Waals surface area contributed by atoms with E-state index in [-0.39, 0.29) is 5.82 Å². The molecule has 1 atom stereocenters. The Labute approximate surface area is 161 Å². The van der Waals surface area contributed by atoms with E-state index < -0.39 is 0 Å². The number of benzene rings is 1. The molecule has 1 aliphatic rings. The number of furan rings is 1. The molecule has 4 rings (SSSR count). The third-order valence-electron chi connectivity index (χ3n) is 4.60. The standard InChI is InChI=1S/C19H22FN5OS/c1-24-13-21-23-19(24)27-18-9-8-17(26-18)12-25-10-2-3-16(11-25)22-15-6-4-14(20)5-7-15/h4-9,13,16,22H,2-3,10-12H2,1H3. The fourth-order valence-electron chi connectivity index (χ4n) is 3.27. The Morgan fingerprint density at radius 3 is 2.89 bits per heavy atom. The average molecular weight is 387 g/mol. The molecule has 27 heavy (non-hydrogen) atoms. The van der Waals surface area contributed by atoms with Crippen molar-refractivity contribution in [3.05, 3.63) is 54.3 Å². The van der Waals surface area contributed by atoms with E-state index in [0.29, 0.717) is 6.04 Å². The van der Waals surface area contributed by atoms with Crippen molar-refractivity contribution in [2.75, 3.05) is 18.4 Å². The van der Waals surface area contributed by atoms with Gasteiger partial charge in [0.25, 0.3) is 0 Å². The van der Waals surface area contributed by atoms with E-state index in [1.807, 2.05) is 23.7 Å². The van der Waals surface area contributed by atoms with Crippen LogP contribution in [0.4, 0.5) is 10.1 Å². The lowest BCUT2D eigenvalue weighted by atomic mass is 10.1. The molecule has 2 aromatic heterocycles. The highest BCUT2D eigenvalue weighted by molar-refractivity contribution is 7.99. The van der Waals surface area contributed by atoms with Crippen molar-refractivity contribution in [3.8, 4) is 0 Å². The van der Waals surface area contributed by atoms with Gasteiger partial charge in [0.15, 0.2) is 10.2 Å². The minimum Gasteiger partial charge on any atom is -0.453 e. The third kappa shape index (κ3) is 4.70. The SMILES string of the molecule is Cn1cnnc1Sc1ccc(CN2CCCC(Nc3ccc(F)cc3)C2)o1. The molecule has 6 nitrogen and oxygen atoms in total. The van der Waals surface area contributed by atoms with Crippen molar-refractivity contribution in [3.63, 3.8) is 0 Å².